The minimum atomic E-state index is -0.667. The Morgan fingerprint density at radius 2 is 1.59 bits per heavy atom. The van der Waals surface area contributed by atoms with E-state index >= 15 is 0 Å². The molecule has 0 bridgehead atoms. The number of carbonyl (C=O) groups excluding carboxylic acids is 1. The van der Waals surface area contributed by atoms with Gasteiger partial charge in [0.2, 0.25) is 5.12 Å². The molecule has 196 valence electrons. The van der Waals surface area contributed by atoms with Crippen LogP contribution in [0.1, 0.15) is 64.7 Å². The quantitative estimate of drug-likeness (QED) is 0.284. The molecule has 4 aromatic rings. The zero-order valence-electron chi connectivity index (χ0n) is 22.4. The van der Waals surface area contributed by atoms with E-state index in [2.05, 4.69) is 72.7 Å². The van der Waals surface area contributed by atoms with Crippen molar-refractivity contribution in [3.8, 4) is 11.5 Å². The number of hydrogen-bond acceptors (Lipinski definition) is 5. The van der Waals surface area contributed by atoms with E-state index in [-0.39, 0.29) is 5.12 Å². The van der Waals surface area contributed by atoms with E-state index in [9.17, 15) is 4.79 Å². The van der Waals surface area contributed by atoms with Gasteiger partial charge in [0, 0.05) is 52.9 Å². The lowest BCUT2D eigenvalue weighted by Gasteiger charge is -2.39. The average molecular weight is 533 g/mol. The van der Waals surface area contributed by atoms with Crippen molar-refractivity contribution in [2.45, 2.75) is 49.8 Å². The number of nitrogens with zero attached hydrogens (tertiary/aromatic N) is 1. The molecule has 1 aliphatic carbocycles. The zero-order chi connectivity index (χ0) is 26.6. The summed E-state index contributed by atoms with van der Waals surface area (Å²) in [6, 6.07) is 29.7. The molecule has 2 heterocycles. The summed E-state index contributed by atoms with van der Waals surface area (Å²) in [6.07, 6.45) is 6.38. The van der Waals surface area contributed by atoms with Crippen LogP contribution < -0.4 is 15.0 Å². The predicted octanol–water partition coefficient (Wildman–Crippen LogP) is 8.79. The molecule has 7 rings (SSSR count). The molecule has 0 radical (unpaired) electrons. The summed E-state index contributed by atoms with van der Waals surface area (Å²) in [4.78, 5) is 15.9. The molecule has 39 heavy (non-hydrogen) atoms. The van der Waals surface area contributed by atoms with Crippen LogP contribution in [0.5, 0.6) is 11.5 Å². The number of rotatable bonds is 4. The number of hydrogen-bond donors (Lipinski definition) is 1. The number of ether oxygens (including phenoxy) is 1. The third-order valence-corrected chi connectivity index (χ3v) is 10.00. The van der Waals surface area contributed by atoms with Gasteiger partial charge in [-0.05, 0) is 61.2 Å². The van der Waals surface area contributed by atoms with Gasteiger partial charge in [0.05, 0.1) is 0 Å². The first-order chi connectivity index (χ1) is 19.0. The summed E-state index contributed by atoms with van der Waals surface area (Å²) in [6.45, 7) is 2.10. The van der Waals surface area contributed by atoms with Gasteiger partial charge in [-0.3, -0.25) is 4.79 Å². The molecule has 0 saturated heterocycles. The van der Waals surface area contributed by atoms with Crippen LogP contribution in [0.4, 0.5) is 17.1 Å². The Morgan fingerprint density at radius 3 is 2.41 bits per heavy atom. The van der Waals surface area contributed by atoms with Crippen LogP contribution in [-0.4, -0.2) is 18.2 Å². The summed E-state index contributed by atoms with van der Waals surface area (Å²) >= 11 is 1.41. The minimum Gasteiger partial charge on any atom is -0.457 e. The van der Waals surface area contributed by atoms with Crippen LogP contribution in [0.15, 0.2) is 84.9 Å². The van der Waals surface area contributed by atoms with Crippen LogP contribution in [0, 0.1) is 6.92 Å². The highest BCUT2D eigenvalue weighted by Gasteiger charge is 2.52. The molecule has 0 amide bonds. The summed E-state index contributed by atoms with van der Waals surface area (Å²) in [5.74, 6) is 1.65. The van der Waals surface area contributed by atoms with Gasteiger partial charge in [0.15, 0.2) is 0 Å². The van der Waals surface area contributed by atoms with Crippen LogP contribution >= 0.6 is 11.8 Å². The number of thioether (sulfide) groups is 1. The normalized spacial score (nSPS) is 19.7. The number of anilines is 3. The van der Waals surface area contributed by atoms with Crippen LogP contribution in [-0.2, 0) is 4.75 Å². The van der Waals surface area contributed by atoms with Crippen molar-refractivity contribution in [2.75, 3.05) is 17.3 Å². The van der Waals surface area contributed by atoms with Gasteiger partial charge in [-0.1, -0.05) is 79.6 Å². The van der Waals surface area contributed by atoms with Crippen molar-refractivity contribution in [3.63, 3.8) is 0 Å². The largest absolute Gasteiger partial charge is 0.457 e. The van der Waals surface area contributed by atoms with E-state index in [0.29, 0.717) is 6.04 Å². The Hall–Kier alpha value is -3.70. The maximum atomic E-state index is 13.5. The van der Waals surface area contributed by atoms with E-state index in [1.807, 2.05) is 36.4 Å². The smallest absolute Gasteiger partial charge is 0.221 e. The first-order valence-electron chi connectivity index (χ1n) is 13.9. The Kier molecular flexibility index (Phi) is 5.93. The van der Waals surface area contributed by atoms with Crippen LogP contribution in [0.3, 0.4) is 0 Å². The van der Waals surface area contributed by atoms with Crippen molar-refractivity contribution < 1.29 is 9.53 Å². The maximum absolute atomic E-state index is 13.5. The van der Waals surface area contributed by atoms with Gasteiger partial charge >= 0.3 is 0 Å². The van der Waals surface area contributed by atoms with E-state index in [4.69, 9.17) is 4.74 Å². The molecule has 4 nitrogen and oxygen atoms in total. The fraction of sp³-hybridized carbons (Fsp3) is 0.265. The van der Waals surface area contributed by atoms with E-state index in [0.717, 1.165) is 50.7 Å². The second kappa shape index (κ2) is 9.49. The third kappa shape index (κ3) is 3.94. The Bertz CT molecular complexity index is 1580. The van der Waals surface area contributed by atoms with Gasteiger partial charge in [-0.15, -0.1) is 0 Å². The number of carbonyl (C=O) groups is 1. The molecule has 1 spiro atoms. The molecule has 1 N–H and O–H groups in total. The molecule has 1 saturated carbocycles. The van der Waals surface area contributed by atoms with Crippen LogP contribution in [0.2, 0.25) is 0 Å². The van der Waals surface area contributed by atoms with E-state index in [1.165, 1.54) is 49.6 Å². The van der Waals surface area contributed by atoms with Gasteiger partial charge < -0.3 is 15.0 Å². The van der Waals surface area contributed by atoms with Gasteiger partial charge in [-0.25, -0.2) is 0 Å². The monoisotopic (exact) mass is 532 g/mol. The van der Waals surface area contributed by atoms with Crippen molar-refractivity contribution in [3.05, 3.63) is 113 Å². The number of benzene rings is 4. The molecule has 4 aromatic carbocycles. The fourth-order valence-corrected chi connectivity index (χ4v) is 7.92. The topological polar surface area (TPSA) is 41.6 Å². The lowest BCUT2D eigenvalue weighted by atomic mass is 9.79. The number of para-hydroxylation sites is 1. The second-order valence-corrected chi connectivity index (χ2v) is 12.1. The first kappa shape index (κ1) is 24.3. The zero-order valence-corrected chi connectivity index (χ0v) is 23.2. The Balaban J connectivity index is 1.39. The molecule has 1 atom stereocenters. The maximum Gasteiger partial charge on any atom is 0.221 e. The summed E-state index contributed by atoms with van der Waals surface area (Å²) in [5, 5.41) is 3.69. The molecular formula is C34H32N2O2S. The van der Waals surface area contributed by atoms with E-state index in [1.54, 1.807) is 0 Å². The lowest BCUT2D eigenvalue weighted by molar-refractivity contribution is 0.109. The molecular weight excluding hydrogens is 500 g/mol. The van der Waals surface area contributed by atoms with Gasteiger partial charge in [-0.2, -0.15) is 0 Å². The van der Waals surface area contributed by atoms with E-state index < -0.39 is 4.75 Å². The molecule has 2 aliphatic heterocycles. The molecule has 0 aromatic heterocycles. The number of nitrogens with one attached hydrogen (secondary N) is 1. The van der Waals surface area contributed by atoms with Gasteiger partial charge in [0.25, 0.3) is 0 Å². The SMILES string of the molecule is Cc1cc2c(cc1Nc1ccccc1)C1(SC(=O)c3ccccc31)c1ccc(N(C)C3CCCCC3)cc1O2. The molecule has 5 heteroatoms. The van der Waals surface area contributed by atoms with Crippen molar-refractivity contribution in [2.24, 2.45) is 0 Å². The highest BCUT2D eigenvalue weighted by Crippen LogP contribution is 2.63. The Morgan fingerprint density at radius 1 is 0.846 bits per heavy atom. The fourth-order valence-electron chi connectivity index (χ4n) is 6.52. The average Bonchev–Trinajstić information content (AvgIpc) is 3.27. The Labute approximate surface area is 234 Å². The molecule has 1 unspecified atom stereocenters. The highest BCUT2D eigenvalue weighted by molar-refractivity contribution is 8.15. The lowest BCUT2D eigenvalue weighted by Crippen LogP contribution is -2.33. The first-order valence-corrected chi connectivity index (χ1v) is 14.7. The molecule has 1 fully saturated rings. The summed E-state index contributed by atoms with van der Waals surface area (Å²) in [7, 11) is 2.21. The number of fused-ring (bicyclic) bond motifs is 6. The highest BCUT2D eigenvalue weighted by atomic mass is 32.2. The molecule has 3 aliphatic rings. The van der Waals surface area contributed by atoms with Gasteiger partial charge in [0.1, 0.15) is 16.2 Å². The second-order valence-electron chi connectivity index (χ2n) is 11.0. The van der Waals surface area contributed by atoms with Crippen molar-refractivity contribution >= 4 is 33.9 Å². The van der Waals surface area contributed by atoms with Crippen molar-refractivity contribution in [1.82, 2.24) is 0 Å². The van der Waals surface area contributed by atoms with Crippen LogP contribution in [0.25, 0.3) is 0 Å². The summed E-state index contributed by atoms with van der Waals surface area (Å²) < 4.78 is 6.03. The minimum absolute atomic E-state index is 0.103. The standard InChI is InChI=1S/C34H32N2O2S/c1-22-19-31-29(21-30(22)35-23-11-5-3-6-12-23)34(27-16-10-9-15-26(27)33(37)39-34)28-18-17-25(20-32(28)38-31)36(2)24-13-7-4-8-14-24/h3,5-6,9-12,15-21,24,35H,4,7-8,13-14H2,1-2H3. The summed E-state index contributed by atoms with van der Waals surface area (Å²) in [5.41, 5.74) is 8.16. The third-order valence-electron chi connectivity index (χ3n) is 8.62. The number of aryl methyl sites for hydroxylation is 1. The van der Waals surface area contributed by atoms with Crippen molar-refractivity contribution in [1.29, 1.82) is 0 Å². The predicted molar refractivity (Wildman–Crippen MR) is 161 cm³/mol.